The molecule has 8 heteroatoms. The van der Waals surface area contributed by atoms with Crippen LogP contribution >= 0.6 is 0 Å². The van der Waals surface area contributed by atoms with Crippen molar-refractivity contribution in [1.29, 1.82) is 0 Å². The van der Waals surface area contributed by atoms with Crippen LogP contribution in [0, 0.1) is 6.92 Å². The van der Waals surface area contributed by atoms with E-state index in [2.05, 4.69) is 28.1 Å². The Kier molecular flexibility index (Phi) is 6.38. The van der Waals surface area contributed by atoms with Crippen molar-refractivity contribution >= 4 is 6.03 Å². The van der Waals surface area contributed by atoms with E-state index in [1.807, 2.05) is 6.07 Å². The highest BCUT2D eigenvalue weighted by Crippen LogP contribution is 2.30. The normalized spacial score (nSPS) is 22.7. The molecule has 2 aromatic rings. The van der Waals surface area contributed by atoms with E-state index in [-0.39, 0.29) is 17.6 Å². The number of aromatic nitrogens is 2. The number of piperidine rings is 1. The molecule has 3 atom stereocenters. The summed E-state index contributed by atoms with van der Waals surface area (Å²) in [6.45, 7) is 4.45. The number of aliphatic hydroxyl groups excluding tert-OH is 1. The van der Waals surface area contributed by atoms with Gasteiger partial charge in [0.25, 0.3) is 5.56 Å². The highest BCUT2D eigenvalue weighted by atomic mass is 16.3. The van der Waals surface area contributed by atoms with Gasteiger partial charge < -0.3 is 20.3 Å². The van der Waals surface area contributed by atoms with Crippen molar-refractivity contribution in [2.75, 3.05) is 19.6 Å². The Bertz CT molecular complexity index is 991. The van der Waals surface area contributed by atoms with Crippen LogP contribution in [0.5, 0.6) is 0 Å². The molecule has 2 unspecified atom stereocenters. The fraction of sp³-hybridized carbons (Fsp3) is 0.522. The topological polar surface area (TPSA) is 105 Å². The van der Waals surface area contributed by atoms with Crippen molar-refractivity contribution in [3.63, 3.8) is 0 Å². The van der Waals surface area contributed by atoms with Gasteiger partial charge in [0.2, 0.25) is 0 Å². The predicted molar refractivity (Wildman–Crippen MR) is 118 cm³/mol. The number of urea groups is 1. The van der Waals surface area contributed by atoms with E-state index >= 15 is 0 Å². The number of β-amino-alcohol motifs (C(OH)–C–C–N with tert-alkyl or cyclic N) is 1. The lowest BCUT2D eigenvalue weighted by Gasteiger charge is -2.42. The molecule has 0 aliphatic carbocycles. The zero-order valence-electron chi connectivity index (χ0n) is 18.0. The van der Waals surface area contributed by atoms with Gasteiger partial charge in [-0.2, -0.15) is 0 Å². The molecule has 2 amide bonds. The first-order chi connectivity index (χ1) is 14.9. The first kappa shape index (κ1) is 21.5. The maximum atomic E-state index is 12.7. The molecular formula is C23H31N5O3. The van der Waals surface area contributed by atoms with Gasteiger partial charge >= 0.3 is 6.03 Å². The Hall–Kier alpha value is -2.71. The summed E-state index contributed by atoms with van der Waals surface area (Å²) in [7, 11) is 0. The van der Waals surface area contributed by atoms with Gasteiger partial charge in [0.1, 0.15) is 5.69 Å². The molecule has 8 nitrogen and oxygen atoms in total. The number of carbonyl (C=O) groups excluding carboxylic acids is 1. The number of primary amides is 1. The Morgan fingerprint density at radius 1 is 1.29 bits per heavy atom. The van der Waals surface area contributed by atoms with Gasteiger partial charge in [-0.25, -0.2) is 4.79 Å². The number of fused-ring (bicyclic) bond motifs is 1. The third-order valence-electron chi connectivity index (χ3n) is 6.62. The maximum Gasteiger partial charge on any atom is 0.315 e. The van der Waals surface area contributed by atoms with Gasteiger partial charge in [0, 0.05) is 38.6 Å². The number of aliphatic hydroxyl groups is 1. The number of rotatable bonds is 5. The molecule has 3 N–H and O–H groups in total. The zero-order chi connectivity index (χ0) is 22.0. The number of aryl methyl sites for hydroxylation is 1. The van der Waals surface area contributed by atoms with Gasteiger partial charge in [0.15, 0.2) is 0 Å². The fourth-order valence-corrected chi connectivity index (χ4v) is 5.07. The summed E-state index contributed by atoms with van der Waals surface area (Å²) in [6, 6.07) is 7.34. The Morgan fingerprint density at radius 2 is 2.06 bits per heavy atom. The average molecular weight is 426 g/mol. The van der Waals surface area contributed by atoms with E-state index in [1.165, 1.54) is 11.1 Å². The lowest BCUT2D eigenvalue weighted by atomic mass is 9.91. The number of carbonyl (C=O) groups is 1. The first-order valence-electron chi connectivity index (χ1n) is 11.0. The Labute approximate surface area is 182 Å². The van der Waals surface area contributed by atoms with Crippen LogP contribution in [0.3, 0.4) is 0 Å². The van der Waals surface area contributed by atoms with Crippen LogP contribution < -0.4 is 11.3 Å². The van der Waals surface area contributed by atoms with Crippen LogP contribution in [0.2, 0.25) is 0 Å². The number of amides is 2. The van der Waals surface area contributed by atoms with Gasteiger partial charge in [0.05, 0.1) is 18.2 Å². The molecule has 3 heterocycles. The largest absolute Gasteiger partial charge is 0.392 e. The Balaban J connectivity index is 1.50. The van der Waals surface area contributed by atoms with Crippen LogP contribution in [0.4, 0.5) is 4.79 Å². The smallest absolute Gasteiger partial charge is 0.315 e. The van der Waals surface area contributed by atoms with Crippen molar-refractivity contribution in [3.05, 3.63) is 63.8 Å². The number of nitrogens with two attached hydrogens (primary N) is 1. The van der Waals surface area contributed by atoms with Crippen molar-refractivity contribution in [2.24, 2.45) is 5.73 Å². The van der Waals surface area contributed by atoms with E-state index in [0.29, 0.717) is 25.2 Å². The monoisotopic (exact) mass is 425 g/mol. The van der Waals surface area contributed by atoms with Gasteiger partial charge in [-0.1, -0.05) is 24.3 Å². The molecule has 166 valence electrons. The van der Waals surface area contributed by atoms with Crippen molar-refractivity contribution < 1.29 is 9.90 Å². The van der Waals surface area contributed by atoms with Crippen LogP contribution in [0.25, 0.3) is 0 Å². The second-order valence-electron chi connectivity index (χ2n) is 8.68. The summed E-state index contributed by atoms with van der Waals surface area (Å²) in [5, 5.41) is 11.0. The predicted octanol–water partition coefficient (Wildman–Crippen LogP) is 1.45. The van der Waals surface area contributed by atoms with Crippen LogP contribution in [0.15, 0.2) is 41.5 Å². The fourth-order valence-electron chi connectivity index (χ4n) is 5.07. The average Bonchev–Trinajstić information content (AvgIpc) is 2.75. The second-order valence-corrected chi connectivity index (χ2v) is 8.68. The van der Waals surface area contributed by atoms with Gasteiger partial charge in [-0.15, -0.1) is 0 Å². The second kappa shape index (κ2) is 9.20. The molecule has 2 aliphatic rings. The molecular weight excluding hydrogens is 394 g/mol. The lowest BCUT2D eigenvalue weighted by Crippen LogP contribution is -2.54. The number of hydrogen-bond donors (Lipinski definition) is 2. The van der Waals surface area contributed by atoms with E-state index in [1.54, 1.807) is 28.8 Å². The minimum absolute atomic E-state index is 0.161. The Morgan fingerprint density at radius 3 is 2.84 bits per heavy atom. The number of hydrogen-bond acceptors (Lipinski definition) is 5. The lowest BCUT2D eigenvalue weighted by molar-refractivity contribution is 0.0455. The summed E-state index contributed by atoms with van der Waals surface area (Å²) in [4.78, 5) is 32.8. The molecule has 4 rings (SSSR count). The summed E-state index contributed by atoms with van der Waals surface area (Å²) < 4.78 is 1.66. The number of benzene rings is 1. The molecule has 0 spiro atoms. The quantitative estimate of drug-likeness (QED) is 0.754. The summed E-state index contributed by atoms with van der Waals surface area (Å²) in [5.74, 6) is 0. The van der Waals surface area contributed by atoms with Crippen molar-refractivity contribution in [3.8, 4) is 0 Å². The van der Waals surface area contributed by atoms with Crippen LogP contribution in [-0.2, 0) is 13.0 Å². The molecule has 2 aliphatic heterocycles. The third-order valence-corrected chi connectivity index (χ3v) is 6.62. The van der Waals surface area contributed by atoms with Crippen LogP contribution in [-0.4, -0.2) is 62.3 Å². The maximum absolute atomic E-state index is 12.7. The van der Waals surface area contributed by atoms with Gasteiger partial charge in [-0.3, -0.25) is 14.7 Å². The van der Waals surface area contributed by atoms with Crippen molar-refractivity contribution in [1.82, 2.24) is 19.4 Å². The number of likely N-dealkylation sites (tertiary alicyclic amines) is 1. The molecule has 1 fully saturated rings. The van der Waals surface area contributed by atoms with E-state index in [0.717, 1.165) is 32.4 Å². The van der Waals surface area contributed by atoms with Crippen molar-refractivity contribution in [2.45, 2.75) is 57.3 Å². The third kappa shape index (κ3) is 4.65. The van der Waals surface area contributed by atoms with E-state index in [9.17, 15) is 14.7 Å². The van der Waals surface area contributed by atoms with E-state index in [4.69, 9.17) is 5.73 Å². The van der Waals surface area contributed by atoms with Gasteiger partial charge in [-0.05, 0) is 43.7 Å². The molecule has 0 bridgehead atoms. The molecule has 1 aromatic carbocycles. The summed E-state index contributed by atoms with van der Waals surface area (Å²) in [5.41, 5.74) is 8.60. The first-order valence-corrected chi connectivity index (χ1v) is 11.0. The van der Waals surface area contributed by atoms with Crippen LogP contribution in [0.1, 0.15) is 42.1 Å². The zero-order valence-corrected chi connectivity index (χ0v) is 18.0. The highest BCUT2D eigenvalue weighted by Gasteiger charge is 2.37. The number of nitrogens with zero attached hydrogens (tertiary/aromatic N) is 4. The summed E-state index contributed by atoms with van der Waals surface area (Å²) in [6.07, 6.45) is 5.51. The minimum atomic E-state index is -0.628. The molecule has 0 radical (unpaired) electrons. The van der Waals surface area contributed by atoms with E-state index < -0.39 is 12.1 Å². The molecule has 0 saturated carbocycles. The molecule has 1 saturated heterocycles. The molecule has 31 heavy (non-hydrogen) atoms. The summed E-state index contributed by atoms with van der Waals surface area (Å²) >= 11 is 0. The highest BCUT2D eigenvalue weighted by molar-refractivity contribution is 5.72. The molecule has 1 aromatic heterocycles. The SMILES string of the molecule is Cc1nccn(C2CCCN(C(N)=O)C2C[C@H](O)CN2CCc3ccccc3C2)c1=O. The minimum Gasteiger partial charge on any atom is -0.392 e. The standard InChI is InChI=1S/C23H31N5O3/c1-16-22(30)27(12-9-25-16)20-7-4-10-28(23(24)31)21(20)13-19(29)15-26-11-8-17-5-2-3-6-18(17)14-26/h2-3,5-6,9,12,19-21,29H,4,7-8,10-11,13-15H2,1H3,(H2,24,31)/t19-,20?,21?/m0/s1.